The van der Waals surface area contributed by atoms with E-state index in [1.165, 1.54) is 0 Å². The molecule has 1 aliphatic rings. The molecule has 0 saturated carbocycles. The lowest BCUT2D eigenvalue weighted by Crippen LogP contribution is -2.38. The Labute approximate surface area is 204 Å². The van der Waals surface area contributed by atoms with E-state index in [0.29, 0.717) is 24.8 Å². The number of nitrogens with zero attached hydrogens (tertiary/aromatic N) is 6. The molecule has 0 unspecified atom stereocenters. The molecule has 9 heteroatoms. The molecule has 178 valence electrons. The number of hydrogen-bond acceptors (Lipinski definition) is 7. The van der Waals surface area contributed by atoms with Crippen molar-refractivity contribution in [3.05, 3.63) is 65.8 Å². The average molecular weight is 471 g/mol. The predicted molar refractivity (Wildman–Crippen MR) is 136 cm³/mol. The van der Waals surface area contributed by atoms with Crippen molar-refractivity contribution in [1.29, 1.82) is 0 Å². The second-order valence-electron chi connectivity index (χ2n) is 8.12. The van der Waals surface area contributed by atoms with E-state index < -0.39 is 0 Å². The molecule has 2 aromatic heterocycles. The molecule has 1 aliphatic heterocycles. The third-order valence-electron chi connectivity index (χ3n) is 5.75. The highest BCUT2D eigenvalue weighted by atomic mass is 16.5. The van der Waals surface area contributed by atoms with Crippen molar-refractivity contribution >= 4 is 22.4 Å². The van der Waals surface area contributed by atoms with Gasteiger partial charge in [-0.3, -0.25) is 10.00 Å². The van der Waals surface area contributed by atoms with E-state index in [1.54, 1.807) is 12.4 Å². The Kier molecular flexibility index (Phi) is 7.13. The number of hydrogen-bond donors (Lipinski definition) is 1. The summed E-state index contributed by atoms with van der Waals surface area (Å²) in [5.41, 5.74) is 2.74. The van der Waals surface area contributed by atoms with Crippen LogP contribution in [-0.2, 0) is 4.74 Å². The van der Waals surface area contributed by atoms with Gasteiger partial charge < -0.3 is 9.47 Å². The van der Waals surface area contributed by atoms with Gasteiger partial charge in [-0.2, -0.15) is 10.1 Å². The molecule has 0 radical (unpaired) electrons. The van der Waals surface area contributed by atoms with Gasteiger partial charge in [-0.1, -0.05) is 12.1 Å². The summed E-state index contributed by atoms with van der Waals surface area (Å²) in [5.74, 6) is 2.08. The van der Waals surface area contributed by atoms with Crippen molar-refractivity contribution in [2.75, 3.05) is 50.9 Å². The molecule has 0 atom stereocenters. The molecule has 0 amide bonds. The molecule has 5 rings (SSSR count). The first-order valence-electron chi connectivity index (χ1n) is 11.8. The van der Waals surface area contributed by atoms with Gasteiger partial charge >= 0.3 is 6.19 Å². The summed E-state index contributed by atoms with van der Waals surface area (Å²) in [6, 6.07) is 15.7. The first-order valence-corrected chi connectivity index (χ1v) is 11.8. The molecule has 1 fully saturated rings. The fourth-order valence-corrected chi connectivity index (χ4v) is 3.91. The van der Waals surface area contributed by atoms with E-state index in [1.807, 2.05) is 60.4 Å². The summed E-state index contributed by atoms with van der Waals surface area (Å²) in [4.78, 5) is 17.9. The second-order valence-corrected chi connectivity index (χ2v) is 8.12. The Morgan fingerprint density at radius 3 is 2.97 bits per heavy atom. The summed E-state index contributed by atoms with van der Waals surface area (Å²) < 4.78 is 11.4. The van der Waals surface area contributed by atoms with Crippen LogP contribution in [0.15, 0.2) is 60.9 Å². The van der Waals surface area contributed by atoms with Crippen LogP contribution in [-0.4, -0.2) is 71.1 Å². The van der Waals surface area contributed by atoms with Gasteiger partial charge in [0.05, 0.1) is 24.9 Å². The van der Waals surface area contributed by atoms with E-state index in [0.717, 1.165) is 60.8 Å². The minimum absolute atomic E-state index is 0.605. The Bertz CT molecular complexity index is 1340. The maximum absolute atomic E-state index is 6.02. The second kappa shape index (κ2) is 11.0. The summed E-state index contributed by atoms with van der Waals surface area (Å²) >= 11 is 0. The standard InChI is InChI=1S/C26H28N7O2/c1-2-27-19-33(22-6-7-24-21(16-22)18-29-31-24)25-8-9-28-26(30-25)20-4-3-5-23(17-20)35-15-12-32-10-13-34-14-11-32/h3-9,16-18H,2,10-15H2,1H3,(H,29,31)/q+1. The number of aromatic amines is 1. The summed E-state index contributed by atoms with van der Waals surface area (Å²) in [6.45, 7) is 7.57. The predicted octanol–water partition coefficient (Wildman–Crippen LogP) is 4.18. The van der Waals surface area contributed by atoms with Crippen LogP contribution in [0.2, 0.25) is 0 Å². The topological polar surface area (TPSA) is 83.8 Å². The van der Waals surface area contributed by atoms with Crippen LogP contribution in [0.4, 0.5) is 11.5 Å². The van der Waals surface area contributed by atoms with Gasteiger partial charge in [-0.25, -0.2) is 9.83 Å². The minimum atomic E-state index is 0.605. The van der Waals surface area contributed by atoms with Crippen molar-refractivity contribution in [2.45, 2.75) is 6.92 Å². The zero-order valence-corrected chi connectivity index (χ0v) is 19.7. The Hall–Kier alpha value is -4.00. The number of aromatic nitrogens is 4. The maximum Gasteiger partial charge on any atom is 0.383 e. The number of benzene rings is 2. The van der Waals surface area contributed by atoms with Gasteiger partial charge in [0, 0.05) is 42.8 Å². The molecule has 4 aromatic rings. The van der Waals surface area contributed by atoms with Crippen molar-refractivity contribution in [1.82, 2.24) is 25.1 Å². The molecule has 3 heterocycles. The van der Waals surface area contributed by atoms with E-state index in [9.17, 15) is 0 Å². The molecule has 35 heavy (non-hydrogen) atoms. The maximum atomic E-state index is 6.02. The van der Waals surface area contributed by atoms with Crippen molar-refractivity contribution < 1.29 is 9.47 Å². The average Bonchev–Trinajstić information content (AvgIpc) is 3.38. The summed E-state index contributed by atoms with van der Waals surface area (Å²) in [6.07, 6.45) is 6.65. The number of nitrogens with one attached hydrogen (secondary N) is 1. The van der Waals surface area contributed by atoms with E-state index in [-0.39, 0.29) is 0 Å². The van der Waals surface area contributed by atoms with E-state index in [4.69, 9.17) is 14.5 Å². The SMILES string of the molecule is CC[N+]#CN(c1ccc2[nH]ncc2c1)c1ccnc(-c2cccc(OCCN3CCOCC3)c2)n1. The molecule has 0 bridgehead atoms. The molecule has 0 spiro atoms. The normalized spacial score (nSPS) is 13.9. The van der Waals surface area contributed by atoms with E-state index in [2.05, 4.69) is 31.1 Å². The van der Waals surface area contributed by atoms with Crippen LogP contribution in [0, 0.1) is 6.19 Å². The van der Waals surface area contributed by atoms with Crippen LogP contribution < -0.4 is 9.64 Å². The number of fused-ring (bicyclic) bond motifs is 1. The molecular weight excluding hydrogens is 442 g/mol. The van der Waals surface area contributed by atoms with Gasteiger partial charge in [0.2, 0.25) is 5.82 Å². The monoisotopic (exact) mass is 470 g/mol. The number of H-pyrrole nitrogens is 1. The third kappa shape index (κ3) is 5.57. The number of rotatable bonds is 7. The summed E-state index contributed by atoms with van der Waals surface area (Å²) in [5, 5.41) is 8.09. The minimum Gasteiger partial charge on any atom is -0.492 e. The lowest BCUT2D eigenvalue weighted by molar-refractivity contribution is 0.0322. The number of ether oxygens (including phenoxy) is 2. The fraction of sp³-hybridized carbons (Fsp3) is 0.308. The highest BCUT2D eigenvalue weighted by Crippen LogP contribution is 2.28. The molecule has 1 saturated heterocycles. The summed E-state index contributed by atoms with van der Waals surface area (Å²) in [7, 11) is 0. The lowest BCUT2D eigenvalue weighted by atomic mass is 10.2. The van der Waals surface area contributed by atoms with Crippen LogP contribution in [0.1, 0.15) is 6.92 Å². The van der Waals surface area contributed by atoms with E-state index >= 15 is 0 Å². The zero-order valence-electron chi connectivity index (χ0n) is 19.7. The quantitative estimate of drug-likeness (QED) is 0.320. The van der Waals surface area contributed by atoms with Gasteiger partial charge in [0.15, 0.2) is 12.4 Å². The van der Waals surface area contributed by atoms with Crippen LogP contribution in [0.25, 0.3) is 27.1 Å². The number of morpholine rings is 1. The van der Waals surface area contributed by atoms with Gasteiger partial charge in [0.1, 0.15) is 18.0 Å². The first kappa shape index (κ1) is 22.8. The lowest BCUT2D eigenvalue weighted by Gasteiger charge is -2.26. The third-order valence-corrected chi connectivity index (χ3v) is 5.75. The smallest absolute Gasteiger partial charge is 0.383 e. The highest BCUT2D eigenvalue weighted by molar-refractivity contribution is 5.84. The molecule has 0 aliphatic carbocycles. The van der Waals surface area contributed by atoms with Crippen molar-refractivity contribution in [3.63, 3.8) is 0 Å². The Balaban J connectivity index is 1.36. The van der Waals surface area contributed by atoms with Crippen molar-refractivity contribution in [3.8, 4) is 23.3 Å². The molecule has 1 N–H and O–H groups in total. The zero-order chi connectivity index (χ0) is 23.9. The van der Waals surface area contributed by atoms with Gasteiger partial charge in [-0.15, -0.1) is 4.90 Å². The largest absolute Gasteiger partial charge is 0.492 e. The Morgan fingerprint density at radius 1 is 1.17 bits per heavy atom. The van der Waals surface area contributed by atoms with Crippen molar-refractivity contribution in [2.24, 2.45) is 0 Å². The molecule has 9 nitrogen and oxygen atoms in total. The van der Waals surface area contributed by atoms with Crippen LogP contribution >= 0.6 is 0 Å². The highest BCUT2D eigenvalue weighted by Gasteiger charge is 2.20. The fourth-order valence-electron chi connectivity index (χ4n) is 3.91. The van der Waals surface area contributed by atoms with Gasteiger partial charge in [-0.05, 0) is 37.3 Å². The molecule has 2 aromatic carbocycles. The number of anilines is 2. The van der Waals surface area contributed by atoms with Crippen LogP contribution in [0.5, 0.6) is 5.75 Å². The molecular formula is C26H28N7O2+. The Morgan fingerprint density at radius 2 is 2.09 bits per heavy atom. The first-order chi connectivity index (χ1) is 17.3. The van der Waals surface area contributed by atoms with Crippen LogP contribution in [0.3, 0.4) is 0 Å². The van der Waals surface area contributed by atoms with Gasteiger partial charge in [0.25, 0.3) is 0 Å².